The molecular formula is C19H27FN2O. The van der Waals surface area contributed by atoms with Crippen LogP contribution in [0.25, 0.3) is 0 Å². The van der Waals surface area contributed by atoms with Gasteiger partial charge in [-0.3, -0.25) is 4.90 Å². The van der Waals surface area contributed by atoms with E-state index in [1.807, 2.05) is 13.1 Å². The third-order valence-electron chi connectivity index (χ3n) is 4.15. The first kappa shape index (κ1) is 17.9. The molecule has 2 unspecified atom stereocenters. The van der Waals surface area contributed by atoms with Gasteiger partial charge in [-0.1, -0.05) is 35.9 Å². The molecule has 0 spiro atoms. The molecule has 23 heavy (non-hydrogen) atoms. The van der Waals surface area contributed by atoms with Crippen LogP contribution in [0.5, 0.6) is 0 Å². The molecule has 4 heteroatoms. The van der Waals surface area contributed by atoms with Crippen molar-refractivity contribution in [1.82, 2.24) is 10.2 Å². The van der Waals surface area contributed by atoms with Gasteiger partial charge >= 0.3 is 0 Å². The lowest BCUT2D eigenvalue weighted by Gasteiger charge is -2.35. The number of hydrogen-bond donors (Lipinski definition) is 2. The average Bonchev–Trinajstić information content (AvgIpc) is 2.60. The molecule has 2 rings (SSSR count). The number of halogens is 1. The van der Waals surface area contributed by atoms with Crippen molar-refractivity contribution in [2.45, 2.75) is 31.9 Å². The normalized spacial score (nSPS) is 23.0. The molecule has 0 bridgehead atoms. The van der Waals surface area contributed by atoms with E-state index >= 15 is 0 Å². The Bertz CT molecular complexity index is 556. The van der Waals surface area contributed by atoms with Gasteiger partial charge < -0.3 is 10.4 Å². The van der Waals surface area contributed by atoms with Crippen molar-refractivity contribution in [2.75, 3.05) is 26.7 Å². The summed E-state index contributed by atoms with van der Waals surface area (Å²) in [6, 6.07) is 6.37. The minimum atomic E-state index is -0.594. The van der Waals surface area contributed by atoms with E-state index in [4.69, 9.17) is 0 Å². The van der Waals surface area contributed by atoms with Gasteiger partial charge in [0.15, 0.2) is 0 Å². The number of aliphatic hydroxyl groups excluding tert-OH is 1. The number of hydrogen-bond acceptors (Lipinski definition) is 3. The summed E-state index contributed by atoms with van der Waals surface area (Å²) in [7, 11) is 1.82. The van der Waals surface area contributed by atoms with Gasteiger partial charge in [0, 0.05) is 13.1 Å². The third-order valence-corrected chi connectivity index (χ3v) is 4.15. The first-order chi connectivity index (χ1) is 11.1. The Balaban J connectivity index is 2.31. The topological polar surface area (TPSA) is 35.5 Å². The van der Waals surface area contributed by atoms with Gasteiger partial charge in [0.1, 0.15) is 5.82 Å². The number of allylic oxidation sites excluding steroid dienone is 3. The van der Waals surface area contributed by atoms with Gasteiger partial charge in [-0.25, -0.2) is 4.39 Å². The van der Waals surface area contributed by atoms with Gasteiger partial charge in [-0.15, -0.1) is 0 Å². The molecule has 2 atom stereocenters. The molecule has 3 nitrogen and oxygen atoms in total. The Morgan fingerprint density at radius 3 is 2.96 bits per heavy atom. The van der Waals surface area contributed by atoms with Crippen LogP contribution < -0.4 is 5.32 Å². The second-order valence-electron chi connectivity index (χ2n) is 6.18. The molecule has 0 saturated carbocycles. The Morgan fingerprint density at radius 1 is 1.39 bits per heavy atom. The van der Waals surface area contributed by atoms with E-state index in [0.717, 1.165) is 31.5 Å². The number of likely N-dealkylation sites (N-methyl/N-ethyl adjacent to an activating group) is 1. The molecule has 1 heterocycles. The van der Waals surface area contributed by atoms with Crippen molar-refractivity contribution in [3.63, 3.8) is 0 Å². The largest absolute Gasteiger partial charge is 0.390 e. The highest BCUT2D eigenvalue weighted by Crippen LogP contribution is 2.27. The average molecular weight is 318 g/mol. The Morgan fingerprint density at radius 2 is 2.22 bits per heavy atom. The minimum Gasteiger partial charge on any atom is -0.390 e. The van der Waals surface area contributed by atoms with E-state index < -0.39 is 6.10 Å². The van der Waals surface area contributed by atoms with Crippen LogP contribution in [0.3, 0.4) is 0 Å². The molecule has 0 radical (unpaired) electrons. The van der Waals surface area contributed by atoms with Gasteiger partial charge in [-0.05, 0) is 51.1 Å². The summed E-state index contributed by atoms with van der Waals surface area (Å²) in [4.78, 5) is 2.26. The molecular weight excluding hydrogens is 291 g/mol. The van der Waals surface area contributed by atoms with Crippen molar-refractivity contribution in [3.05, 3.63) is 59.4 Å². The fraction of sp³-hybridized carbons (Fsp3) is 0.474. The zero-order valence-electron chi connectivity index (χ0n) is 14.0. The zero-order valence-corrected chi connectivity index (χ0v) is 14.0. The van der Waals surface area contributed by atoms with Crippen LogP contribution in [-0.2, 0) is 0 Å². The molecule has 126 valence electrons. The predicted molar refractivity (Wildman–Crippen MR) is 92.8 cm³/mol. The molecule has 1 aromatic carbocycles. The predicted octanol–water partition coefficient (Wildman–Crippen LogP) is 3.05. The van der Waals surface area contributed by atoms with Crippen LogP contribution >= 0.6 is 0 Å². The molecule has 2 N–H and O–H groups in total. The molecule has 0 fully saturated rings. The van der Waals surface area contributed by atoms with Crippen LogP contribution in [0.15, 0.2) is 48.1 Å². The quantitative estimate of drug-likeness (QED) is 0.876. The van der Waals surface area contributed by atoms with Crippen LogP contribution in [0.2, 0.25) is 0 Å². The van der Waals surface area contributed by atoms with Crippen molar-refractivity contribution < 1.29 is 9.50 Å². The standard InChI is InChI=1S/C19H27FN2O/c1-15-8-5-3-4-6-11-22(14-15)19(18(23)13-21-2)16-9-7-10-17(20)12-16/h3,5,7-10,12,18-19,21,23H,4,6,11,13-14H2,1-2H3/b5-3-,15-8-. The highest BCUT2D eigenvalue weighted by molar-refractivity contribution is 5.23. The Labute approximate surface area is 138 Å². The SMILES string of the molecule is CNCC(O)C(c1cccc(F)c1)N1CCC/C=C\C=C(\C)C1. The highest BCUT2D eigenvalue weighted by Gasteiger charge is 2.27. The summed E-state index contributed by atoms with van der Waals surface area (Å²) in [5.41, 5.74) is 2.06. The van der Waals surface area contributed by atoms with Gasteiger partial charge in [0.2, 0.25) is 0 Å². The van der Waals surface area contributed by atoms with E-state index in [1.165, 1.54) is 17.7 Å². The lowest BCUT2D eigenvalue weighted by atomic mass is 9.98. The number of nitrogens with one attached hydrogen (secondary N) is 1. The number of aliphatic hydroxyl groups is 1. The van der Waals surface area contributed by atoms with Crippen LogP contribution in [-0.4, -0.2) is 42.8 Å². The van der Waals surface area contributed by atoms with Crippen molar-refractivity contribution in [1.29, 1.82) is 0 Å². The van der Waals surface area contributed by atoms with Gasteiger partial charge in [0.25, 0.3) is 0 Å². The van der Waals surface area contributed by atoms with Crippen LogP contribution in [0, 0.1) is 5.82 Å². The summed E-state index contributed by atoms with van der Waals surface area (Å²) < 4.78 is 13.7. The third kappa shape index (κ3) is 5.27. The van der Waals surface area contributed by atoms with Crippen molar-refractivity contribution in [3.8, 4) is 0 Å². The molecule has 0 aliphatic carbocycles. The van der Waals surface area contributed by atoms with E-state index in [9.17, 15) is 9.50 Å². The summed E-state index contributed by atoms with van der Waals surface area (Å²) in [6.45, 7) is 4.21. The molecule has 0 saturated heterocycles. The second kappa shape index (κ2) is 8.96. The maximum Gasteiger partial charge on any atom is 0.123 e. The van der Waals surface area contributed by atoms with Gasteiger partial charge in [-0.2, -0.15) is 0 Å². The first-order valence-corrected chi connectivity index (χ1v) is 8.26. The lowest BCUT2D eigenvalue weighted by molar-refractivity contribution is 0.0534. The number of rotatable bonds is 5. The summed E-state index contributed by atoms with van der Waals surface area (Å²) >= 11 is 0. The molecule has 1 aliphatic heterocycles. The van der Waals surface area contributed by atoms with E-state index in [-0.39, 0.29) is 11.9 Å². The Kier molecular flexibility index (Phi) is 6.96. The Hall–Kier alpha value is -1.49. The highest BCUT2D eigenvalue weighted by atomic mass is 19.1. The van der Waals surface area contributed by atoms with E-state index in [0.29, 0.717) is 6.54 Å². The summed E-state index contributed by atoms with van der Waals surface area (Å²) in [5.74, 6) is -0.262. The molecule has 0 aromatic heterocycles. The smallest absolute Gasteiger partial charge is 0.123 e. The van der Waals surface area contributed by atoms with Crippen LogP contribution in [0.4, 0.5) is 4.39 Å². The van der Waals surface area contributed by atoms with Crippen molar-refractivity contribution >= 4 is 0 Å². The molecule has 0 amide bonds. The number of nitrogens with zero attached hydrogens (tertiary/aromatic N) is 1. The molecule has 1 aliphatic rings. The first-order valence-electron chi connectivity index (χ1n) is 8.26. The van der Waals surface area contributed by atoms with Gasteiger partial charge in [0.05, 0.1) is 12.1 Å². The summed E-state index contributed by atoms with van der Waals surface area (Å²) in [6.07, 6.45) is 7.83. The minimum absolute atomic E-state index is 0.223. The summed E-state index contributed by atoms with van der Waals surface area (Å²) in [5, 5.41) is 13.7. The van der Waals surface area contributed by atoms with E-state index in [2.05, 4.69) is 35.4 Å². The monoisotopic (exact) mass is 318 g/mol. The van der Waals surface area contributed by atoms with E-state index in [1.54, 1.807) is 6.07 Å². The fourth-order valence-electron chi connectivity index (χ4n) is 3.12. The second-order valence-corrected chi connectivity index (χ2v) is 6.18. The maximum atomic E-state index is 13.7. The molecule has 1 aromatic rings. The lowest BCUT2D eigenvalue weighted by Crippen LogP contribution is -2.42. The zero-order chi connectivity index (χ0) is 16.7. The number of benzene rings is 1. The van der Waals surface area contributed by atoms with Crippen LogP contribution in [0.1, 0.15) is 31.4 Å². The van der Waals surface area contributed by atoms with Crippen molar-refractivity contribution in [2.24, 2.45) is 0 Å². The maximum absolute atomic E-state index is 13.7. The fourth-order valence-corrected chi connectivity index (χ4v) is 3.12.